The maximum Gasteiger partial charge on any atom is 0.420 e. The van der Waals surface area contributed by atoms with Crippen molar-refractivity contribution in [3.8, 4) is 0 Å². The molecule has 188 valence electrons. The molecular weight excluding hydrogens is 454 g/mol. The maximum atomic E-state index is 13.0. The molecule has 0 aliphatic rings. The molecule has 0 aromatic heterocycles. The summed E-state index contributed by atoms with van der Waals surface area (Å²) in [5.74, 6) is -1.15. The number of ether oxygens (including phenoxy) is 4. The van der Waals surface area contributed by atoms with Crippen LogP contribution in [0.25, 0.3) is 0 Å². The molecule has 0 bridgehead atoms. The zero-order valence-electron chi connectivity index (χ0n) is 20.0. The Morgan fingerprint density at radius 3 is 1.74 bits per heavy atom. The van der Waals surface area contributed by atoms with E-state index >= 15 is 0 Å². The van der Waals surface area contributed by atoms with Gasteiger partial charge in [0.1, 0.15) is 19.3 Å². The number of methoxy groups -OCH3 is 1. The van der Waals surface area contributed by atoms with Gasteiger partial charge in [0, 0.05) is 6.42 Å². The standard InChI is InChI=1S/C26H31NO8/c1-3-33-23(28)17-11-10-16-22(24(29)32-2)27(25(30)34-18-20-12-6-4-7-13-20)26(31)35-19-21-14-8-5-9-15-21/h4-9,12-15,22H,3,10-11,16-19H2,1-2H3/t22-/m0/s1. The van der Waals surface area contributed by atoms with Crippen molar-refractivity contribution in [2.24, 2.45) is 0 Å². The molecule has 9 heteroatoms. The zero-order valence-corrected chi connectivity index (χ0v) is 20.0. The van der Waals surface area contributed by atoms with E-state index in [1.807, 2.05) is 12.1 Å². The van der Waals surface area contributed by atoms with Crippen LogP contribution in [0, 0.1) is 0 Å². The molecule has 0 saturated heterocycles. The van der Waals surface area contributed by atoms with Crippen LogP contribution in [0.4, 0.5) is 9.59 Å². The van der Waals surface area contributed by atoms with E-state index in [2.05, 4.69) is 0 Å². The highest BCUT2D eigenvalue weighted by Crippen LogP contribution is 2.17. The molecule has 2 amide bonds. The van der Waals surface area contributed by atoms with Gasteiger partial charge in [-0.3, -0.25) is 4.79 Å². The van der Waals surface area contributed by atoms with Gasteiger partial charge in [0.2, 0.25) is 0 Å². The molecule has 0 N–H and O–H groups in total. The van der Waals surface area contributed by atoms with Crippen molar-refractivity contribution in [3.63, 3.8) is 0 Å². The number of imide groups is 1. The number of amides is 2. The van der Waals surface area contributed by atoms with Gasteiger partial charge in [0.05, 0.1) is 13.7 Å². The Kier molecular flexibility index (Phi) is 11.8. The summed E-state index contributed by atoms with van der Waals surface area (Å²) in [6.07, 6.45) is -1.10. The Morgan fingerprint density at radius 2 is 1.29 bits per heavy atom. The van der Waals surface area contributed by atoms with Gasteiger partial charge < -0.3 is 18.9 Å². The molecular formula is C26H31NO8. The van der Waals surface area contributed by atoms with Gasteiger partial charge in [0.25, 0.3) is 0 Å². The van der Waals surface area contributed by atoms with Gasteiger partial charge in [-0.2, -0.15) is 4.90 Å². The van der Waals surface area contributed by atoms with Crippen molar-refractivity contribution in [3.05, 3.63) is 71.8 Å². The lowest BCUT2D eigenvalue weighted by Crippen LogP contribution is -2.49. The Labute approximate surface area is 204 Å². The summed E-state index contributed by atoms with van der Waals surface area (Å²) >= 11 is 0. The van der Waals surface area contributed by atoms with Gasteiger partial charge in [-0.05, 0) is 30.9 Å². The summed E-state index contributed by atoms with van der Waals surface area (Å²) in [7, 11) is 1.16. The molecule has 0 heterocycles. The summed E-state index contributed by atoms with van der Waals surface area (Å²) in [5, 5.41) is 0. The second-order valence-electron chi connectivity index (χ2n) is 7.54. The van der Waals surface area contributed by atoms with Crippen molar-refractivity contribution in [2.45, 2.75) is 51.9 Å². The van der Waals surface area contributed by atoms with E-state index in [0.717, 1.165) is 7.11 Å². The summed E-state index contributed by atoms with van der Waals surface area (Å²) < 4.78 is 20.4. The van der Waals surface area contributed by atoms with Gasteiger partial charge in [0.15, 0.2) is 0 Å². The third-order valence-corrected chi connectivity index (χ3v) is 5.00. The van der Waals surface area contributed by atoms with Crippen molar-refractivity contribution in [2.75, 3.05) is 13.7 Å². The predicted octanol–water partition coefficient (Wildman–Crippen LogP) is 4.63. The molecule has 9 nitrogen and oxygen atoms in total. The number of hydrogen-bond acceptors (Lipinski definition) is 8. The van der Waals surface area contributed by atoms with Crippen LogP contribution in [0.5, 0.6) is 0 Å². The monoisotopic (exact) mass is 485 g/mol. The quantitative estimate of drug-likeness (QED) is 0.243. The fraction of sp³-hybridized carbons (Fsp3) is 0.385. The second kappa shape index (κ2) is 15.1. The lowest BCUT2D eigenvalue weighted by Gasteiger charge is -2.27. The van der Waals surface area contributed by atoms with Gasteiger partial charge in [-0.1, -0.05) is 67.1 Å². The Hall–Kier alpha value is -3.88. The van der Waals surface area contributed by atoms with Crippen LogP contribution in [0.1, 0.15) is 43.7 Å². The number of nitrogens with zero attached hydrogens (tertiary/aromatic N) is 1. The molecule has 1 atom stereocenters. The minimum absolute atomic E-state index is 0.0625. The molecule has 2 aromatic carbocycles. The number of carbonyl (C=O) groups excluding carboxylic acids is 4. The average molecular weight is 486 g/mol. The molecule has 2 rings (SSSR count). The molecule has 0 aliphatic heterocycles. The minimum Gasteiger partial charge on any atom is -0.467 e. The van der Waals surface area contributed by atoms with Crippen LogP contribution < -0.4 is 0 Å². The fourth-order valence-electron chi connectivity index (χ4n) is 3.24. The van der Waals surface area contributed by atoms with Crippen molar-refractivity contribution in [1.82, 2.24) is 4.90 Å². The van der Waals surface area contributed by atoms with Crippen LogP contribution in [0.15, 0.2) is 60.7 Å². The van der Waals surface area contributed by atoms with E-state index in [9.17, 15) is 19.2 Å². The van der Waals surface area contributed by atoms with Gasteiger partial charge in [-0.25, -0.2) is 14.4 Å². The third-order valence-electron chi connectivity index (χ3n) is 5.00. The SMILES string of the molecule is CCOC(=O)CCCC[C@@H](C(=O)OC)N(C(=O)OCc1ccccc1)C(=O)OCc1ccccc1. The smallest absolute Gasteiger partial charge is 0.420 e. The Bertz CT molecular complexity index is 893. The maximum absolute atomic E-state index is 13.0. The predicted molar refractivity (Wildman–Crippen MR) is 126 cm³/mol. The highest BCUT2D eigenvalue weighted by atomic mass is 16.6. The van der Waals surface area contributed by atoms with E-state index < -0.39 is 24.2 Å². The fourth-order valence-corrected chi connectivity index (χ4v) is 3.24. The van der Waals surface area contributed by atoms with Crippen LogP contribution in [-0.4, -0.2) is 48.8 Å². The van der Waals surface area contributed by atoms with Gasteiger partial charge in [-0.15, -0.1) is 0 Å². The number of hydrogen-bond donors (Lipinski definition) is 0. The first-order valence-electron chi connectivity index (χ1n) is 11.4. The first-order chi connectivity index (χ1) is 17.0. The molecule has 0 fully saturated rings. The highest BCUT2D eigenvalue weighted by Gasteiger charge is 2.38. The zero-order chi connectivity index (χ0) is 25.5. The molecule has 0 spiro atoms. The number of carbonyl (C=O) groups is 4. The molecule has 0 unspecified atom stereocenters. The first-order valence-corrected chi connectivity index (χ1v) is 11.4. The lowest BCUT2D eigenvalue weighted by atomic mass is 10.1. The third kappa shape index (κ3) is 9.48. The molecule has 0 saturated carbocycles. The van der Waals surface area contributed by atoms with Crippen molar-refractivity contribution >= 4 is 24.1 Å². The topological polar surface area (TPSA) is 108 Å². The van der Waals surface area contributed by atoms with E-state index in [0.29, 0.717) is 28.9 Å². The Balaban J connectivity index is 2.14. The average Bonchev–Trinajstić information content (AvgIpc) is 2.88. The summed E-state index contributed by atoms with van der Waals surface area (Å²) in [5.41, 5.74) is 1.42. The number of esters is 2. The largest absolute Gasteiger partial charge is 0.467 e. The molecule has 0 radical (unpaired) electrons. The number of rotatable bonds is 12. The second-order valence-corrected chi connectivity index (χ2v) is 7.54. The van der Waals surface area contributed by atoms with Crippen LogP contribution in [0.3, 0.4) is 0 Å². The van der Waals surface area contributed by atoms with Crippen LogP contribution in [0.2, 0.25) is 0 Å². The molecule has 0 aliphatic carbocycles. The number of benzene rings is 2. The first kappa shape index (κ1) is 27.4. The summed E-state index contributed by atoms with van der Waals surface area (Å²) in [6, 6.07) is 16.6. The lowest BCUT2D eigenvalue weighted by molar-refractivity contribution is -0.146. The molecule has 2 aromatic rings. The highest BCUT2D eigenvalue weighted by molar-refractivity contribution is 5.93. The molecule has 35 heavy (non-hydrogen) atoms. The van der Waals surface area contributed by atoms with Gasteiger partial charge >= 0.3 is 24.1 Å². The Morgan fingerprint density at radius 1 is 0.771 bits per heavy atom. The number of unbranched alkanes of at least 4 members (excludes halogenated alkanes) is 1. The van der Waals surface area contributed by atoms with Crippen molar-refractivity contribution < 1.29 is 38.1 Å². The normalized spacial score (nSPS) is 11.1. The van der Waals surface area contributed by atoms with E-state index in [4.69, 9.17) is 18.9 Å². The van der Waals surface area contributed by atoms with Crippen molar-refractivity contribution in [1.29, 1.82) is 0 Å². The van der Waals surface area contributed by atoms with E-state index in [1.165, 1.54) is 0 Å². The minimum atomic E-state index is -1.28. The van der Waals surface area contributed by atoms with Crippen LogP contribution in [-0.2, 0) is 41.8 Å². The van der Waals surface area contributed by atoms with Crippen LogP contribution >= 0.6 is 0 Å². The van der Waals surface area contributed by atoms with E-state index in [1.54, 1.807) is 55.5 Å². The summed E-state index contributed by atoms with van der Waals surface area (Å²) in [6.45, 7) is 1.79. The van der Waals surface area contributed by atoms with E-state index in [-0.39, 0.29) is 38.6 Å². The summed E-state index contributed by atoms with van der Waals surface area (Å²) in [4.78, 5) is 50.8.